The van der Waals surface area contributed by atoms with Crippen molar-refractivity contribution in [2.75, 3.05) is 0 Å². The molecule has 0 aliphatic heterocycles. The van der Waals surface area contributed by atoms with E-state index in [9.17, 15) is 0 Å². The van der Waals surface area contributed by atoms with Gasteiger partial charge < -0.3 is 0 Å². The number of nitriles is 1. The van der Waals surface area contributed by atoms with Crippen LogP contribution < -0.4 is 0 Å². The van der Waals surface area contributed by atoms with Crippen molar-refractivity contribution in [1.82, 2.24) is 0 Å². The molecule has 0 fully saturated rings. The third-order valence-electron chi connectivity index (χ3n) is 0.481. The second-order valence-electron chi connectivity index (χ2n) is 1.03. The summed E-state index contributed by atoms with van der Waals surface area (Å²) < 4.78 is 0. The minimum atomic E-state index is 0.478. The van der Waals surface area contributed by atoms with Crippen molar-refractivity contribution in [1.29, 1.82) is 5.26 Å². The summed E-state index contributed by atoms with van der Waals surface area (Å²) in [5.74, 6) is 0. The first kappa shape index (κ1) is 5.97. The fourth-order valence-electron chi connectivity index (χ4n) is 0.217. The van der Waals surface area contributed by atoms with E-state index in [1.807, 2.05) is 6.07 Å². The largest absolute Gasteiger partial charge is 0.198 e. The highest BCUT2D eigenvalue weighted by atomic mass is 14.2. The molecule has 7 heavy (non-hydrogen) atoms. The van der Waals surface area contributed by atoms with E-state index >= 15 is 0 Å². The van der Waals surface area contributed by atoms with Crippen LogP contribution in [0.1, 0.15) is 6.42 Å². The van der Waals surface area contributed by atoms with Crippen LogP contribution in [0.4, 0.5) is 0 Å². The Morgan fingerprint density at radius 3 is 2.86 bits per heavy atom. The molecule has 0 radical (unpaired) electrons. The van der Waals surface area contributed by atoms with E-state index in [4.69, 9.17) is 5.26 Å². The summed E-state index contributed by atoms with van der Waals surface area (Å²) in [7, 11) is 0. The van der Waals surface area contributed by atoms with Crippen LogP contribution in [0.25, 0.3) is 0 Å². The normalized spacial score (nSPS) is 8.43. The van der Waals surface area contributed by atoms with Gasteiger partial charge in [0, 0.05) is 0 Å². The lowest BCUT2D eigenvalue weighted by atomic mass is 10.4. The van der Waals surface area contributed by atoms with Crippen LogP contribution in [0.5, 0.6) is 0 Å². The molecule has 0 aromatic rings. The first-order valence-corrected chi connectivity index (χ1v) is 2.06. The van der Waals surface area contributed by atoms with Crippen molar-refractivity contribution >= 4 is 0 Å². The Bertz CT molecular complexity index is 106. The van der Waals surface area contributed by atoms with Crippen LogP contribution in [0, 0.1) is 11.3 Å². The van der Waals surface area contributed by atoms with Gasteiger partial charge in [-0.1, -0.05) is 24.8 Å². The Morgan fingerprint density at radius 2 is 2.43 bits per heavy atom. The fraction of sp³-hybridized carbons (Fsp3) is 0.167. The molecule has 36 valence electrons. The van der Waals surface area contributed by atoms with E-state index in [1.54, 1.807) is 18.2 Å². The summed E-state index contributed by atoms with van der Waals surface area (Å²) in [4.78, 5) is 0. The van der Waals surface area contributed by atoms with E-state index in [2.05, 4.69) is 6.58 Å². The van der Waals surface area contributed by atoms with E-state index < -0.39 is 0 Å². The molecule has 1 nitrogen and oxygen atoms in total. The van der Waals surface area contributed by atoms with Crippen molar-refractivity contribution in [3.63, 3.8) is 0 Å². The third kappa shape index (κ3) is 4.97. The maximum atomic E-state index is 7.96. The van der Waals surface area contributed by atoms with E-state index in [0.717, 1.165) is 0 Å². The van der Waals surface area contributed by atoms with Gasteiger partial charge >= 0.3 is 0 Å². The highest BCUT2D eigenvalue weighted by Crippen LogP contribution is 1.77. The molecule has 0 saturated heterocycles. The highest BCUT2D eigenvalue weighted by molar-refractivity contribution is 5.00. The molecule has 0 unspecified atom stereocenters. The van der Waals surface area contributed by atoms with Crippen molar-refractivity contribution in [2.45, 2.75) is 6.42 Å². The zero-order valence-electron chi connectivity index (χ0n) is 4.09. The van der Waals surface area contributed by atoms with Crippen LogP contribution in [-0.4, -0.2) is 0 Å². The summed E-state index contributed by atoms with van der Waals surface area (Å²) in [6, 6.07) is 1.97. The first-order chi connectivity index (χ1) is 3.41. The Morgan fingerprint density at radius 1 is 1.71 bits per heavy atom. The minimum Gasteiger partial charge on any atom is -0.198 e. The maximum absolute atomic E-state index is 7.96. The molecule has 0 aliphatic rings. The van der Waals surface area contributed by atoms with Crippen LogP contribution in [0.15, 0.2) is 24.8 Å². The van der Waals surface area contributed by atoms with Crippen molar-refractivity contribution in [3.05, 3.63) is 24.8 Å². The predicted octanol–water partition coefficient (Wildman–Crippen LogP) is 1.64. The molecular weight excluding hydrogens is 86.1 g/mol. The van der Waals surface area contributed by atoms with Gasteiger partial charge in [-0.3, -0.25) is 0 Å². The third-order valence-corrected chi connectivity index (χ3v) is 0.481. The zero-order chi connectivity index (χ0) is 5.54. The molecule has 0 heterocycles. The van der Waals surface area contributed by atoms with E-state index in [1.165, 1.54) is 0 Å². The SMILES string of the molecule is C=C/C=C/CC#N. The van der Waals surface area contributed by atoms with Crippen molar-refractivity contribution in [2.24, 2.45) is 0 Å². The lowest BCUT2D eigenvalue weighted by Crippen LogP contribution is -1.51. The summed E-state index contributed by atoms with van der Waals surface area (Å²) in [5, 5.41) is 7.96. The van der Waals surface area contributed by atoms with E-state index in [0.29, 0.717) is 6.42 Å². The minimum absolute atomic E-state index is 0.478. The van der Waals surface area contributed by atoms with Crippen LogP contribution in [0.2, 0.25) is 0 Å². The molecule has 0 saturated carbocycles. The second kappa shape index (κ2) is 4.97. The monoisotopic (exact) mass is 93.1 g/mol. The molecule has 0 rings (SSSR count). The summed E-state index contributed by atoms with van der Waals surface area (Å²) in [6.07, 6.45) is 5.64. The van der Waals surface area contributed by atoms with Gasteiger partial charge in [0.2, 0.25) is 0 Å². The second-order valence-corrected chi connectivity index (χ2v) is 1.03. The first-order valence-electron chi connectivity index (χ1n) is 2.06. The molecule has 0 amide bonds. The summed E-state index contributed by atoms with van der Waals surface area (Å²) >= 11 is 0. The van der Waals surface area contributed by atoms with Gasteiger partial charge in [-0.05, 0) is 0 Å². The van der Waals surface area contributed by atoms with Crippen molar-refractivity contribution in [3.8, 4) is 6.07 Å². The molecule has 0 N–H and O–H groups in total. The molecule has 1 heteroatoms. The summed E-state index contributed by atoms with van der Waals surface area (Å²) in [5.41, 5.74) is 0. The molecule has 0 aromatic heterocycles. The predicted molar refractivity (Wildman–Crippen MR) is 29.6 cm³/mol. The Hall–Kier alpha value is -1.03. The smallest absolute Gasteiger partial charge is 0.0663 e. The number of nitrogens with zero attached hydrogens (tertiary/aromatic N) is 1. The number of rotatable bonds is 2. The number of allylic oxidation sites excluding steroid dienone is 3. The van der Waals surface area contributed by atoms with Gasteiger partial charge in [0.15, 0.2) is 0 Å². The Kier molecular flexibility index (Phi) is 4.24. The van der Waals surface area contributed by atoms with Crippen LogP contribution in [-0.2, 0) is 0 Å². The van der Waals surface area contributed by atoms with Gasteiger partial charge in [0.05, 0.1) is 12.5 Å². The number of hydrogen-bond acceptors (Lipinski definition) is 1. The van der Waals surface area contributed by atoms with E-state index in [-0.39, 0.29) is 0 Å². The lowest BCUT2D eigenvalue weighted by Gasteiger charge is -1.66. The van der Waals surface area contributed by atoms with Gasteiger partial charge in [-0.2, -0.15) is 5.26 Å². The highest BCUT2D eigenvalue weighted by Gasteiger charge is 1.63. The zero-order valence-corrected chi connectivity index (χ0v) is 4.09. The average Bonchev–Trinajstić information content (AvgIpc) is 1.69. The lowest BCUT2D eigenvalue weighted by molar-refractivity contribution is 1.35. The van der Waals surface area contributed by atoms with Crippen LogP contribution in [0.3, 0.4) is 0 Å². The average molecular weight is 93.1 g/mol. The molecule has 0 aromatic carbocycles. The van der Waals surface area contributed by atoms with Crippen LogP contribution >= 0.6 is 0 Å². The van der Waals surface area contributed by atoms with Gasteiger partial charge in [-0.25, -0.2) is 0 Å². The molecule has 0 atom stereocenters. The Balaban J connectivity index is 3.13. The molecule has 0 spiro atoms. The maximum Gasteiger partial charge on any atom is 0.0663 e. The van der Waals surface area contributed by atoms with Gasteiger partial charge in [0.1, 0.15) is 0 Å². The number of hydrogen-bond donors (Lipinski definition) is 0. The van der Waals surface area contributed by atoms with Gasteiger partial charge in [-0.15, -0.1) is 0 Å². The van der Waals surface area contributed by atoms with Crippen molar-refractivity contribution < 1.29 is 0 Å². The quantitative estimate of drug-likeness (QED) is 0.476. The Labute approximate surface area is 43.6 Å². The standard InChI is InChI=1S/C6H7N/c1-2-3-4-5-6-7/h2-4H,1,5H2/b4-3+. The van der Waals surface area contributed by atoms with Gasteiger partial charge in [0.25, 0.3) is 0 Å². The summed E-state index contributed by atoms with van der Waals surface area (Å²) in [6.45, 7) is 3.44. The molecular formula is C6H7N. The molecule has 0 aliphatic carbocycles. The topological polar surface area (TPSA) is 23.8 Å². The molecule has 0 bridgehead atoms. The fourth-order valence-corrected chi connectivity index (χ4v) is 0.217.